The molecule has 2 atom stereocenters. The molecule has 7 nitrogen and oxygen atoms in total. The number of carbonyl (C=O) groups excluding carboxylic acids is 2. The molecule has 3 aromatic rings. The largest absolute Gasteiger partial charge is 0.452 e. The Morgan fingerprint density at radius 2 is 1.71 bits per heavy atom. The lowest BCUT2D eigenvalue weighted by atomic mass is 9.92. The van der Waals surface area contributed by atoms with Gasteiger partial charge < -0.3 is 10.1 Å². The summed E-state index contributed by atoms with van der Waals surface area (Å²) >= 11 is 18.0. The van der Waals surface area contributed by atoms with Gasteiger partial charge in [-0.3, -0.25) is 9.59 Å². The molecule has 200 valence electrons. The van der Waals surface area contributed by atoms with E-state index in [1.54, 1.807) is 12.1 Å². The molecule has 0 aliphatic carbocycles. The summed E-state index contributed by atoms with van der Waals surface area (Å²) in [7, 11) is -4.07. The molecule has 12 heteroatoms. The highest BCUT2D eigenvalue weighted by Gasteiger charge is 2.38. The maximum Gasteiger partial charge on any atom is 0.308 e. The molecule has 0 spiro atoms. The number of sulfonamides is 1. The van der Waals surface area contributed by atoms with Gasteiger partial charge in [-0.15, -0.1) is 0 Å². The first-order valence-electron chi connectivity index (χ1n) is 11.5. The van der Waals surface area contributed by atoms with Crippen LogP contribution in [-0.4, -0.2) is 37.2 Å². The summed E-state index contributed by atoms with van der Waals surface area (Å²) in [6.07, 6.45) is -1.14. The molecule has 1 heterocycles. The molecule has 0 aromatic heterocycles. The van der Waals surface area contributed by atoms with Crippen LogP contribution in [0.25, 0.3) is 0 Å². The van der Waals surface area contributed by atoms with E-state index in [0.29, 0.717) is 12.0 Å². The van der Waals surface area contributed by atoms with Crippen LogP contribution in [0.2, 0.25) is 15.1 Å². The fraction of sp³-hybridized carbons (Fsp3) is 0.231. The zero-order chi connectivity index (χ0) is 27.6. The van der Waals surface area contributed by atoms with Crippen LogP contribution in [-0.2, 0) is 30.8 Å². The van der Waals surface area contributed by atoms with Crippen molar-refractivity contribution in [3.63, 3.8) is 0 Å². The monoisotopic (exact) mass is 598 g/mol. The highest BCUT2D eigenvalue weighted by atomic mass is 35.5. The van der Waals surface area contributed by atoms with E-state index in [1.807, 2.05) is 12.1 Å². The number of ether oxygens (including phenoxy) is 1. The van der Waals surface area contributed by atoms with Gasteiger partial charge in [0.05, 0.1) is 38.1 Å². The number of fused-ring (bicyclic) bond motifs is 1. The topological polar surface area (TPSA) is 92.8 Å². The number of anilines is 1. The van der Waals surface area contributed by atoms with Gasteiger partial charge in [0.15, 0.2) is 6.10 Å². The normalized spacial score (nSPS) is 16.4. The van der Waals surface area contributed by atoms with Crippen molar-refractivity contribution >= 4 is 62.4 Å². The first-order valence-corrected chi connectivity index (χ1v) is 14.0. The summed E-state index contributed by atoms with van der Waals surface area (Å²) in [6.45, 7) is 1.49. The van der Waals surface area contributed by atoms with Gasteiger partial charge in [0.2, 0.25) is 10.0 Å². The Morgan fingerprint density at radius 1 is 1.05 bits per heavy atom. The summed E-state index contributed by atoms with van der Waals surface area (Å²) in [5.41, 5.74) is 1.74. The maximum atomic E-state index is 13.5. The molecule has 1 aliphatic rings. The van der Waals surface area contributed by atoms with Gasteiger partial charge in [0.25, 0.3) is 5.91 Å². The van der Waals surface area contributed by atoms with Gasteiger partial charge in [-0.1, -0.05) is 59.1 Å². The number of esters is 1. The van der Waals surface area contributed by atoms with Crippen molar-refractivity contribution in [1.82, 2.24) is 4.31 Å². The first-order chi connectivity index (χ1) is 18.0. The van der Waals surface area contributed by atoms with Gasteiger partial charge in [-0.25, -0.2) is 12.8 Å². The van der Waals surface area contributed by atoms with E-state index in [2.05, 4.69) is 5.32 Å². The number of nitrogens with one attached hydrogen (secondary N) is 1. The molecule has 38 heavy (non-hydrogen) atoms. The van der Waals surface area contributed by atoms with Gasteiger partial charge >= 0.3 is 5.97 Å². The molecular formula is C26H22Cl3FN2O5S. The zero-order valence-corrected chi connectivity index (χ0v) is 23.0. The third kappa shape index (κ3) is 6.13. The number of benzene rings is 3. The highest BCUT2D eigenvalue weighted by Crippen LogP contribution is 2.37. The van der Waals surface area contributed by atoms with Crippen LogP contribution < -0.4 is 5.32 Å². The third-order valence-corrected chi connectivity index (χ3v) is 9.05. The molecular weight excluding hydrogens is 578 g/mol. The SMILES string of the molecule is CC(OC(=O)CC1c2ccccc2CCN1S(=O)(=O)c1ccc(F)cc1)C(=O)Nc1cc(Cl)c(Cl)cc1Cl. The predicted molar refractivity (Wildman–Crippen MR) is 143 cm³/mol. The summed E-state index contributed by atoms with van der Waals surface area (Å²) in [5, 5.41) is 3.06. The summed E-state index contributed by atoms with van der Waals surface area (Å²) in [5.74, 6) is -2.02. The Morgan fingerprint density at radius 3 is 2.42 bits per heavy atom. The number of amides is 1. The third-order valence-electron chi connectivity index (χ3n) is 6.09. The molecule has 0 radical (unpaired) electrons. The number of hydrogen-bond acceptors (Lipinski definition) is 5. The Bertz CT molecular complexity index is 1480. The number of carbonyl (C=O) groups is 2. The lowest BCUT2D eigenvalue weighted by Crippen LogP contribution is -2.41. The van der Waals surface area contributed by atoms with Crippen molar-refractivity contribution in [2.24, 2.45) is 0 Å². The quantitative estimate of drug-likeness (QED) is 0.264. The molecule has 0 bridgehead atoms. The number of nitrogens with zero attached hydrogens (tertiary/aromatic N) is 1. The number of halogens is 4. The molecule has 1 aliphatic heterocycles. The molecule has 0 saturated carbocycles. The van der Waals surface area contributed by atoms with Crippen LogP contribution in [0.4, 0.5) is 10.1 Å². The van der Waals surface area contributed by atoms with E-state index >= 15 is 0 Å². The lowest BCUT2D eigenvalue weighted by molar-refractivity contribution is -0.154. The molecule has 0 fully saturated rings. The summed E-state index contributed by atoms with van der Waals surface area (Å²) in [4.78, 5) is 25.5. The molecule has 1 amide bonds. The molecule has 3 aromatic carbocycles. The standard InChI is InChI=1S/C26H22Cl3FN2O5S/c1-15(26(34)31-23-13-21(28)20(27)12-22(23)29)37-25(33)14-24-19-5-3-2-4-16(19)10-11-32(24)38(35,36)18-8-6-17(30)7-9-18/h2-9,12-13,15,24H,10-11,14H2,1H3,(H,31,34). The van der Waals surface area contributed by atoms with E-state index < -0.39 is 39.9 Å². The number of hydrogen-bond donors (Lipinski definition) is 1. The van der Waals surface area contributed by atoms with Gasteiger partial charge in [0.1, 0.15) is 5.82 Å². The van der Waals surface area contributed by atoms with Crippen LogP contribution >= 0.6 is 34.8 Å². The van der Waals surface area contributed by atoms with Gasteiger partial charge in [-0.05, 0) is 60.9 Å². The second-order valence-electron chi connectivity index (χ2n) is 8.61. The second kappa shape index (κ2) is 11.6. The van der Waals surface area contributed by atoms with Crippen molar-refractivity contribution < 1.29 is 27.1 Å². The van der Waals surface area contributed by atoms with E-state index in [9.17, 15) is 22.4 Å². The van der Waals surface area contributed by atoms with Gasteiger partial charge in [-0.2, -0.15) is 4.31 Å². The maximum absolute atomic E-state index is 13.5. The van der Waals surface area contributed by atoms with Crippen LogP contribution in [0.15, 0.2) is 65.6 Å². The van der Waals surface area contributed by atoms with Crippen molar-refractivity contribution in [1.29, 1.82) is 0 Å². The summed E-state index contributed by atoms with van der Waals surface area (Å²) < 4.78 is 46.9. The van der Waals surface area contributed by atoms with Crippen molar-refractivity contribution in [3.05, 3.63) is 92.7 Å². The predicted octanol–water partition coefficient (Wildman–Crippen LogP) is 6.03. The minimum atomic E-state index is -4.07. The Kier molecular flexibility index (Phi) is 8.64. The molecule has 0 saturated heterocycles. The van der Waals surface area contributed by atoms with Crippen molar-refractivity contribution in [2.75, 3.05) is 11.9 Å². The average molecular weight is 600 g/mol. The fourth-order valence-electron chi connectivity index (χ4n) is 4.18. The Balaban J connectivity index is 1.53. The Hall–Kier alpha value is -2.69. The van der Waals surface area contributed by atoms with Crippen LogP contribution in [0.5, 0.6) is 0 Å². The Labute approximate surface area is 234 Å². The summed E-state index contributed by atoms with van der Waals surface area (Å²) in [6, 6.07) is 13.5. The van der Waals surface area contributed by atoms with Crippen LogP contribution in [0.3, 0.4) is 0 Å². The van der Waals surface area contributed by atoms with Crippen molar-refractivity contribution in [2.45, 2.75) is 36.8 Å². The molecule has 4 rings (SSSR count). The minimum Gasteiger partial charge on any atom is -0.452 e. The zero-order valence-electron chi connectivity index (χ0n) is 20.0. The fourth-order valence-corrected chi connectivity index (χ4v) is 6.38. The highest BCUT2D eigenvalue weighted by molar-refractivity contribution is 7.89. The van der Waals surface area contributed by atoms with E-state index in [-0.39, 0.29) is 38.6 Å². The van der Waals surface area contributed by atoms with Crippen LogP contribution in [0, 0.1) is 5.82 Å². The van der Waals surface area contributed by atoms with Gasteiger partial charge in [0, 0.05) is 6.54 Å². The molecule has 2 unspecified atom stereocenters. The number of rotatable bonds is 7. The van der Waals surface area contributed by atoms with Crippen LogP contribution in [0.1, 0.15) is 30.5 Å². The van der Waals surface area contributed by atoms with E-state index in [4.69, 9.17) is 39.5 Å². The van der Waals surface area contributed by atoms with E-state index in [0.717, 1.165) is 17.7 Å². The second-order valence-corrected chi connectivity index (χ2v) is 11.7. The minimum absolute atomic E-state index is 0.0945. The smallest absolute Gasteiger partial charge is 0.308 e. The molecule has 1 N–H and O–H groups in total. The first kappa shape index (κ1) is 28.3. The lowest BCUT2D eigenvalue weighted by Gasteiger charge is -2.36. The average Bonchev–Trinajstić information content (AvgIpc) is 2.87. The van der Waals surface area contributed by atoms with E-state index in [1.165, 1.54) is 35.5 Å². The van der Waals surface area contributed by atoms with Crippen molar-refractivity contribution in [3.8, 4) is 0 Å².